The first-order valence-electron chi connectivity index (χ1n) is 7.46. The zero-order chi connectivity index (χ0) is 15.7. The van der Waals surface area contributed by atoms with Crippen LogP contribution in [0.1, 0.15) is 11.9 Å². The van der Waals surface area contributed by atoms with Gasteiger partial charge in [-0.3, -0.25) is 0 Å². The van der Waals surface area contributed by atoms with Crippen LogP contribution in [0.3, 0.4) is 0 Å². The fourth-order valence-electron chi connectivity index (χ4n) is 3.15. The van der Waals surface area contributed by atoms with Crippen molar-refractivity contribution in [2.75, 3.05) is 27.8 Å². The van der Waals surface area contributed by atoms with E-state index >= 15 is 0 Å². The molecule has 0 radical (unpaired) electrons. The van der Waals surface area contributed by atoms with Gasteiger partial charge in [0.1, 0.15) is 18.3 Å². The van der Waals surface area contributed by atoms with Gasteiger partial charge in [0.15, 0.2) is 12.6 Å². The van der Waals surface area contributed by atoms with Gasteiger partial charge in [-0.25, -0.2) is 0 Å². The van der Waals surface area contributed by atoms with E-state index in [1.54, 1.807) is 0 Å². The van der Waals surface area contributed by atoms with Crippen LogP contribution >= 0.6 is 0 Å². The summed E-state index contributed by atoms with van der Waals surface area (Å²) >= 11 is 0. The minimum absolute atomic E-state index is 0.223. The average molecular weight is 309 g/mol. The lowest BCUT2D eigenvalue weighted by Gasteiger charge is -2.49. The van der Waals surface area contributed by atoms with Crippen molar-refractivity contribution in [3.8, 4) is 0 Å². The fourth-order valence-corrected chi connectivity index (χ4v) is 3.15. The Morgan fingerprint density at radius 2 is 1.91 bits per heavy atom. The van der Waals surface area contributed by atoms with Crippen LogP contribution in [-0.4, -0.2) is 68.5 Å². The van der Waals surface area contributed by atoms with E-state index in [0.717, 1.165) is 5.56 Å². The van der Waals surface area contributed by atoms with E-state index in [0.29, 0.717) is 6.61 Å². The van der Waals surface area contributed by atoms with Gasteiger partial charge < -0.3 is 29.0 Å². The van der Waals surface area contributed by atoms with Crippen molar-refractivity contribution >= 4 is 0 Å². The molecule has 22 heavy (non-hydrogen) atoms. The number of aliphatic hydroxyl groups is 1. The van der Waals surface area contributed by atoms with E-state index in [1.807, 2.05) is 49.3 Å². The van der Waals surface area contributed by atoms with E-state index in [9.17, 15) is 5.11 Å². The Kier molecular flexibility index (Phi) is 4.77. The molecule has 0 spiro atoms. The summed E-state index contributed by atoms with van der Waals surface area (Å²) < 4.78 is 22.9. The maximum Gasteiger partial charge on any atom is 0.185 e. The van der Waals surface area contributed by atoms with Crippen LogP contribution in [0.2, 0.25) is 0 Å². The predicted octanol–water partition coefficient (Wildman–Crippen LogP) is 0.763. The van der Waals surface area contributed by atoms with E-state index in [4.69, 9.17) is 18.9 Å². The Bertz CT molecular complexity index is 483. The maximum atomic E-state index is 10.5. The molecule has 1 aromatic carbocycles. The van der Waals surface area contributed by atoms with Crippen molar-refractivity contribution in [1.29, 1.82) is 0 Å². The van der Waals surface area contributed by atoms with Crippen molar-refractivity contribution in [1.82, 2.24) is 4.90 Å². The summed E-state index contributed by atoms with van der Waals surface area (Å²) in [6.07, 6.45) is -2.44. The summed E-state index contributed by atoms with van der Waals surface area (Å²) in [4.78, 5) is 1.95. The zero-order valence-corrected chi connectivity index (χ0v) is 13.1. The van der Waals surface area contributed by atoms with Gasteiger partial charge in [-0.2, -0.15) is 0 Å². The number of rotatable bonds is 3. The Morgan fingerprint density at radius 3 is 2.55 bits per heavy atom. The van der Waals surface area contributed by atoms with E-state index < -0.39 is 18.7 Å². The standard InChI is InChI=1S/C16H23NO5/c1-17(2)12-13(18)16(19-3)21-11-9-20-15(22-14(11)12)10-7-5-4-6-8-10/h4-8,11-16,18H,9H2,1-3H3/t11-,12+,13+,14+,15+,16-/m1/s1. The number of hydrogen-bond donors (Lipinski definition) is 1. The Labute approximate surface area is 130 Å². The minimum atomic E-state index is -0.782. The molecule has 6 nitrogen and oxygen atoms in total. The highest BCUT2D eigenvalue weighted by Gasteiger charge is 2.50. The molecular weight excluding hydrogens is 286 g/mol. The Hall–Kier alpha value is -1.02. The van der Waals surface area contributed by atoms with Gasteiger partial charge in [-0.15, -0.1) is 0 Å². The second kappa shape index (κ2) is 6.62. The molecule has 2 heterocycles. The molecule has 6 atom stereocenters. The lowest BCUT2D eigenvalue weighted by Crippen LogP contribution is -2.66. The summed E-state index contributed by atoms with van der Waals surface area (Å²) in [7, 11) is 5.36. The highest BCUT2D eigenvalue weighted by Crippen LogP contribution is 2.35. The van der Waals surface area contributed by atoms with Gasteiger partial charge in [0.25, 0.3) is 0 Å². The van der Waals surface area contributed by atoms with Crippen LogP contribution < -0.4 is 0 Å². The minimum Gasteiger partial charge on any atom is -0.386 e. The smallest absolute Gasteiger partial charge is 0.185 e. The van der Waals surface area contributed by atoms with Gasteiger partial charge in [-0.1, -0.05) is 30.3 Å². The first kappa shape index (κ1) is 15.9. The summed E-state index contributed by atoms with van der Waals surface area (Å²) in [5.74, 6) is 0. The largest absolute Gasteiger partial charge is 0.386 e. The molecule has 0 unspecified atom stereocenters. The molecule has 0 aromatic heterocycles. The number of methoxy groups -OCH3 is 1. The highest BCUT2D eigenvalue weighted by atomic mass is 16.7. The normalized spacial score (nSPS) is 38.8. The molecule has 6 heteroatoms. The first-order valence-corrected chi connectivity index (χ1v) is 7.46. The molecular formula is C16H23NO5. The predicted molar refractivity (Wildman–Crippen MR) is 79.2 cm³/mol. The van der Waals surface area contributed by atoms with Crippen molar-refractivity contribution < 1.29 is 24.1 Å². The average Bonchev–Trinajstić information content (AvgIpc) is 2.54. The second-order valence-electron chi connectivity index (χ2n) is 5.90. The van der Waals surface area contributed by atoms with E-state index in [2.05, 4.69) is 0 Å². The number of fused-ring (bicyclic) bond motifs is 1. The van der Waals surface area contributed by atoms with Gasteiger partial charge in [0.2, 0.25) is 0 Å². The molecule has 2 fully saturated rings. The van der Waals surface area contributed by atoms with Crippen LogP contribution in [0.15, 0.2) is 30.3 Å². The van der Waals surface area contributed by atoms with Crippen LogP contribution in [0.4, 0.5) is 0 Å². The van der Waals surface area contributed by atoms with Gasteiger partial charge in [0, 0.05) is 12.7 Å². The molecule has 0 saturated carbocycles. The van der Waals surface area contributed by atoms with Crippen molar-refractivity contribution in [3.05, 3.63) is 35.9 Å². The number of likely N-dealkylation sites (N-methyl/N-ethyl adjacent to an activating group) is 1. The Morgan fingerprint density at radius 1 is 1.18 bits per heavy atom. The monoisotopic (exact) mass is 309 g/mol. The molecule has 2 saturated heterocycles. The number of ether oxygens (including phenoxy) is 4. The molecule has 2 aliphatic heterocycles. The number of aliphatic hydroxyl groups excluding tert-OH is 1. The van der Waals surface area contributed by atoms with E-state index in [1.165, 1.54) is 7.11 Å². The molecule has 3 rings (SSSR count). The lowest BCUT2D eigenvalue weighted by molar-refractivity contribution is -0.348. The number of benzene rings is 1. The SMILES string of the molecule is CO[C@@H]1O[C@@H]2CO[C@H](c3ccccc3)O[C@@H]2[C@@H](N(C)C)[C@@H]1O. The fraction of sp³-hybridized carbons (Fsp3) is 0.625. The lowest BCUT2D eigenvalue weighted by atomic mass is 9.94. The first-order chi connectivity index (χ1) is 10.6. The third kappa shape index (κ3) is 2.90. The number of nitrogens with zero attached hydrogens (tertiary/aromatic N) is 1. The molecule has 0 amide bonds. The van der Waals surface area contributed by atoms with Gasteiger partial charge in [-0.05, 0) is 14.1 Å². The van der Waals surface area contributed by atoms with Crippen LogP contribution in [0, 0.1) is 0 Å². The Balaban J connectivity index is 1.81. The molecule has 1 N–H and O–H groups in total. The maximum absolute atomic E-state index is 10.5. The van der Waals surface area contributed by atoms with E-state index in [-0.39, 0.29) is 18.2 Å². The van der Waals surface area contributed by atoms with Crippen molar-refractivity contribution in [2.24, 2.45) is 0 Å². The molecule has 122 valence electrons. The summed E-state index contributed by atoms with van der Waals surface area (Å²) in [5.41, 5.74) is 0.960. The summed E-state index contributed by atoms with van der Waals surface area (Å²) in [6.45, 7) is 0.404. The quantitative estimate of drug-likeness (QED) is 0.890. The topological polar surface area (TPSA) is 60.4 Å². The zero-order valence-electron chi connectivity index (χ0n) is 13.1. The van der Waals surface area contributed by atoms with Gasteiger partial charge in [0.05, 0.1) is 12.6 Å². The van der Waals surface area contributed by atoms with Crippen molar-refractivity contribution in [3.63, 3.8) is 0 Å². The summed E-state index contributed by atoms with van der Waals surface area (Å²) in [5, 5.41) is 10.5. The van der Waals surface area contributed by atoms with Crippen LogP contribution in [-0.2, 0) is 18.9 Å². The molecule has 2 aliphatic rings. The molecule has 0 bridgehead atoms. The summed E-state index contributed by atoms with van der Waals surface area (Å²) in [6, 6.07) is 9.56. The molecule has 1 aromatic rings. The third-order valence-corrected chi connectivity index (χ3v) is 4.23. The molecule has 0 aliphatic carbocycles. The van der Waals surface area contributed by atoms with Crippen LogP contribution in [0.25, 0.3) is 0 Å². The number of hydrogen-bond acceptors (Lipinski definition) is 6. The second-order valence-corrected chi connectivity index (χ2v) is 5.90. The van der Waals surface area contributed by atoms with Crippen LogP contribution in [0.5, 0.6) is 0 Å². The van der Waals surface area contributed by atoms with Crippen molar-refractivity contribution in [2.45, 2.75) is 36.9 Å². The third-order valence-electron chi connectivity index (χ3n) is 4.23. The highest BCUT2D eigenvalue weighted by molar-refractivity contribution is 5.16. The van der Waals surface area contributed by atoms with Gasteiger partial charge >= 0.3 is 0 Å².